The summed E-state index contributed by atoms with van der Waals surface area (Å²) in [5.41, 5.74) is 0. The maximum atomic E-state index is 5.12. The molecule has 0 aromatic carbocycles. The van der Waals surface area contributed by atoms with E-state index >= 15 is 0 Å². The molecule has 0 radical (unpaired) electrons. The van der Waals surface area contributed by atoms with Crippen LogP contribution in [0.2, 0.25) is 0 Å². The standard InChI is InChI=1S/C11H18BrNOS/c1-3-13-10(4-5-14-2)7-11-6-9(12)8-15-11/h6,8,10,13H,3-5,7H2,1-2H3. The normalized spacial score (nSPS) is 13.0. The molecule has 1 heterocycles. The van der Waals surface area contributed by atoms with Crippen LogP contribution < -0.4 is 5.32 Å². The number of hydrogen-bond donors (Lipinski definition) is 1. The van der Waals surface area contributed by atoms with E-state index in [9.17, 15) is 0 Å². The van der Waals surface area contributed by atoms with Crippen LogP contribution in [0.1, 0.15) is 18.2 Å². The maximum absolute atomic E-state index is 5.12. The molecule has 2 nitrogen and oxygen atoms in total. The lowest BCUT2D eigenvalue weighted by Gasteiger charge is -2.16. The molecule has 1 unspecified atom stereocenters. The number of nitrogens with one attached hydrogen (secondary N) is 1. The van der Waals surface area contributed by atoms with Gasteiger partial charge >= 0.3 is 0 Å². The lowest BCUT2D eigenvalue weighted by atomic mass is 10.1. The minimum Gasteiger partial charge on any atom is -0.385 e. The van der Waals surface area contributed by atoms with Crippen LogP contribution in [0.4, 0.5) is 0 Å². The Labute approximate surface area is 104 Å². The van der Waals surface area contributed by atoms with Gasteiger partial charge in [0.2, 0.25) is 0 Å². The quantitative estimate of drug-likeness (QED) is 0.834. The lowest BCUT2D eigenvalue weighted by molar-refractivity contribution is 0.183. The smallest absolute Gasteiger partial charge is 0.0477 e. The molecule has 1 aromatic rings. The Bertz CT molecular complexity index is 277. The average molecular weight is 292 g/mol. The molecule has 0 saturated carbocycles. The molecule has 1 rings (SSSR count). The van der Waals surface area contributed by atoms with Gasteiger partial charge in [0.15, 0.2) is 0 Å². The molecule has 0 aliphatic heterocycles. The summed E-state index contributed by atoms with van der Waals surface area (Å²) in [4.78, 5) is 1.42. The molecule has 0 amide bonds. The molecule has 86 valence electrons. The molecular weight excluding hydrogens is 274 g/mol. The topological polar surface area (TPSA) is 21.3 Å². The van der Waals surface area contributed by atoms with E-state index in [1.54, 1.807) is 7.11 Å². The van der Waals surface area contributed by atoms with Crippen molar-refractivity contribution in [1.82, 2.24) is 5.32 Å². The van der Waals surface area contributed by atoms with E-state index in [0.29, 0.717) is 6.04 Å². The third-order valence-electron chi connectivity index (χ3n) is 2.23. The minimum atomic E-state index is 0.528. The van der Waals surface area contributed by atoms with Gasteiger partial charge in [0, 0.05) is 34.5 Å². The molecule has 4 heteroatoms. The molecule has 0 fully saturated rings. The third-order valence-corrected chi connectivity index (χ3v) is 3.95. The van der Waals surface area contributed by atoms with Gasteiger partial charge in [-0.2, -0.15) is 0 Å². The summed E-state index contributed by atoms with van der Waals surface area (Å²) in [6.07, 6.45) is 2.16. The van der Waals surface area contributed by atoms with Crippen molar-refractivity contribution >= 4 is 27.3 Å². The zero-order chi connectivity index (χ0) is 11.1. The van der Waals surface area contributed by atoms with Crippen molar-refractivity contribution in [2.45, 2.75) is 25.8 Å². The number of methoxy groups -OCH3 is 1. The second-order valence-corrected chi connectivity index (χ2v) is 5.38. The van der Waals surface area contributed by atoms with Crippen molar-refractivity contribution in [2.75, 3.05) is 20.3 Å². The highest BCUT2D eigenvalue weighted by Crippen LogP contribution is 2.21. The molecule has 1 N–H and O–H groups in total. The van der Waals surface area contributed by atoms with Gasteiger partial charge in [-0.3, -0.25) is 0 Å². The van der Waals surface area contributed by atoms with Crippen molar-refractivity contribution in [1.29, 1.82) is 0 Å². The first kappa shape index (κ1) is 13.2. The number of thiophene rings is 1. The van der Waals surface area contributed by atoms with Gasteiger partial charge in [0.1, 0.15) is 0 Å². The van der Waals surface area contributed by atoms with Crippen molar-refractivity contribution in [3.05, 3.63) is 20.8 Å². The second kappa shape index (κ2) is 7.39. The largest absolute Gasteiger partial charge is 0.385 e. The number of ether oxygens (including phenoxy) is 1. The Hall–Kier alpha value is 0.1000. The van der Waals surface area contributed by atoms with Crippen molar-refractivity contribution in [2.24, 2.45) is 0 Å². The fourth-order valence-electron chi connectivity index (χ4n) is 1.53. The first-order valence-electron chi connectivity index (χ1n) is 5.21. The fourth-order valence-corrected chi connectivity index (χ4v) is 3.06. The van der Waals surface area contributed by atoms with Crippen LogP contribution in [0.5, 0.6) is 0 Å². The van der Waals surface area contributed by atoms with Crippen molar-refractivity contribution in [3.8, 4) is 0 Å². The van der Waals surface area contributed by atoms with Crippen molar-refractivity contribution in [3.63, 3.8) is 0 Å². The van der Waals surface area contributed by atoms with Crippen LogP contribution >= 0.6 is 27.3 Å². The van der Waals surface area contributed by atoms with Gasteiger partial charge in [-0.1, -0.05) is 6.92 Å². The lowest BCUT2D eigenvalue weighted by Crippen LogP contribution is -2.31. The van der Waals surface area contributed by atoms with E-state index < -0.39 is 0 Å². The Morgan fingerprint density at radius 3 is 2.93 bits per heavy atom. The van der Waals surface area contributed by atoms with E-state index in [4.69, 9.17) is 4.74 Å². The number of likely N-dealkylation sites (N-methyl/N-ethyl adjacent to an activating group) is 1. The fraction of sp³-hybridized carbons (Fsp3) is 0.636. The Kier molecular flexibility index (Phi) is 6.48. The molecule has 1 atom stereocenters. The third kappa shape index (κ3) is 5.11. The van der Waals surface area contributed by atoms with E-state index in [2.05, 4.69) is 39.6 Å². The summed E-state index contributed by atoms with van der Waals surface area (Å²) in [5, 5.41) is 5.62. The zero-order valence-electron chi connectivity index (χ0n) is 9.25. The summed E-state index contributed by atoms with van der Waals surface area (Å²) in [6.45, 7) is 3.98. The SMILES string of the molecule is CCNC(CCOC)Cc1cc(Br)cs1. The van der Waals surface area contributed by atoms with Gasteiger partial charge in [0.05, 0.1) is 0 Å². The van der Waals surface area contributed by atoms with Gasteiger partial charge < -0.3 is 10.1 Å². The van der Waals surface area contributed by atoms with Crippen LogP contribution in [0.3, 0.4) is 0 Å². The van der Waals surface area contributed by atoms with Crippen LogP contribution in [0, 0.1) is 0 Å². The molecule has 0 bridgehead atoms. The van der Waals surface area contributed by atoms with E-state index in [1.807, 2.05) is 11.3 Å². The van der Waals surface area contributed by atoms with Gasteiger partial charge in [-0.25, -0.2) is 0 Å². The van der Waals surface area contributed by atoms with Crippen LogP contribution in [0.15, 0.2) is 15.9 Å². The number of halogens is 1. The van der Waals surface area contributed by atoms with Gasteiger partial charge in [-0.05, 0) is 41.4 Å². The van der Waals surface area contributed by atoms with E-state index in [1.165, 1.54) is 9.35 Å². The highest BCUT2D eigenvalue weighted by atomic mass is 79.9. The molecule has 0 aliphatic carbocycles. The van der Waals surface area contributed by atoms with Gasteiger partial charge in [-0.15, -0.1) is 11.3 Å². The Morgan fingerprint density at radius 2 is 2.40 bits per heavy atom. The minimum absolute atomic E-state index is 0.528. The first-order valence-corrected chi connectivity index (χ1v) is 6.88. The summed E-state index contributed by atoms with van der Waals surface area (Å²) < 4.78 is 6.30. The number of rotatable bonds is 7. The molecule has 0 saturated heterocycles. The summed E-state index contributed by atoms with van der Waals surface area (Å²) >= 11 is 5.29. The average Bonchev–Trinajstić information content (AvgIpc) is 2.61. The van der Waals surface area contributed by atoms with Crippen LogP contribution in [-0.4, -0.2) is 26.3 Å². The van der Waals surface area contributed by atoms with E-state index in [0.717, 1.165) is 26.0 Å². The van der Waals surface area contributed by atoms with Crippen LogP contribution in [-0.2, 0) is 11.2 Å². The second-order valence-electron chi connectivity index (χ2n) is 3.47. The molecule has 0 spiro atoms. The highest BCUT2D eigenvalue weighted by molar-refractivity contribution is 9.10. The van der Waals surface area contributed by atoms with E-state index in [-0.39, 0.29) is 0 Å². The summed E-state index contributed by atoms with van der Waals surface area (Å²) in [6, 6.07) is 2.72. The Morgan fingerprint density at radius 1 is 1.60 bits per heavy atom. The summed E-state index contributed by atoms with van der Waals surface area (Å²) in [5.74, 6) is 0. The molecular formula is C11H18BrNOS. The molecule has 15 heavy (non-hydrogen) atoms. The predicted octanol–water partition coefficient (Wildman–Crippen LogP) is 3.07. The van der Waals surface area contributed by atoms with Crippen molar-refractivity contribution < 1.29 is 4.74 Å². The molecule has 1 aromatic heterocycles. The summed E-state index contributed by atoms with van der Waals surface area (Å²) in [7, 11) is 1.75. The first-order chi connectivity index (χ1) is 7.26. The zero-order valence-corrected chi connectivity index (χ0v) is 11.7. The number of hydrogen-bond acceptors (Lipinski definition) is 3. The Balaban J connectivity index is 2.42. The predicted molar refractivity (Wildman–Crippen MR) is 69.7 cm³/mol. The molecule has 0 aliphatic rings. The van der Waals surface area contributed by atoms with Gasteiger partial charge in [0.25, 0.3) is 0 Å². The van der Waals surface area contributed by atoms with Crippen LogP contribution in [0.25, 0.3) is 0 Å². The maximum Gasteiger partial charge on any atom is 0.0477 e. The monoisotopic (exact) mass is 291 g/mol. The highest BCUT2D eigenvalue weighted by Gasteiger charge is 2.09.